The van der Waals surface area contributed by atoms with E-state index in [-0.39, 0.29) is 12.0 Å². The molecular weight excluding hydrogens is 278 g/mol. The van der Waals surface area contributed by atoms with Crippen LogP contribution in [-0.4, -0.2) is 34.5 Å². The number of nitrogens with zero attached hydrogens (tertiary/aromatic N) is 2. The zero-order valence-electron chi connectivity index (χ0n) is 13.8. The van der Waals surface area contributed by atoms with Gasteiger partial charge in [0.05, 0.1) is 11.8 Å². The lowest BCUT2D eigenvalue weighted by atomic mass is 10.2. The van der Waals surface area contributed by atoms with Gasteiger partial charge in [-0.05, 0) is 51.3 Å². The van der Waals surface area contributed by atoms with Gasteiger partial charge >= 0.3 is 0 Å². The number of rotatable bonds is 7. The summed E-state index contributed by atoms with van der Waals surface area (Å²) in [5.74, 6) is -0.0715. The Morgan fingerprint density at radius 1 is 1.45 bits per heavy atom. The molecule has 2 heterocycles. The van der Waals surface area contributed by atoms with Crippen LogP contribution in [0, 0.1) is 6.92 Å². The number of carbonyl (C=O) groups is 1. The third-order valence-corrected chi connectivity index (χ3v) is 3.46. The minimum Gasteiger partial charge on any atom is -0.379 e. The Morgan fingerprint density at radius 2 is 2.23 bits per heavy atom. The van der Waals surface area contributed by atoms with Gasteiger partial charge in [-0.15, -0.1) is 0 Å². The normalized spacial score (nSPS) is 11.3. The second-order valence-electron chi connectivity index (χ2n) is 5.72. The molecule has 0 aliphatic rings. The molecule has 22 heavy (non-hydrogen) atoms. The smallest absolute Gasteiger partial charge is 0.270 e. The number of fused-ring (bicyclic) bond motifs is 1. The summed E-state index contributed by atoms with van der Waals surface area (Å²) >= 11 is 0. The minimum absolute atomic E-state index is 0.0715. The molecule has 0 aliphatic carbocycles. The van der Waals surface area contributed by atoms with E-state index in [1.165, 1.54) is 0 Å². The van der Waals surface area contributed by atoms with Crippen molar-refractivity contribution in [1.82, 2.24) is 14.7 Å². The summed E-state index contributed by atoms with van der Waals surface area (Å²) in [6.07, 6.45) is 3.68. The number of ether oxygens (including phenoxy) is 1. The zero-order valence-corrected chi connectivity index (χ0v) is 13.8. The molecule has 1 amide bonds. The van der Waals surface area contributed by atoms with Crippen LogP contribution in [0.25, 0.3) is 5.65 Å². The molecule has 0 saturated carbocycles. The number of imidazole rings is 1. The van der Waals surface area contributed by atoms with Crippen LogP contribution in [0.4, 0.5) is 0 Å². The molecule has 5 heteroatoms. The number of nitrogens with one attached hydrogen (secondary N) is 1. The van der Waals surface area contributed by atoms with Gasteiger partial charge in [0.1, 0.15) is 11.3 Å². The molecule has 0 spiro atoms. The standard InChI is InChI=1S/C17H25N3O2/c1-5-14-16(17(21)18-8-6-10-22-12(2)3)20-9-7-13(4)11-15(20)19-14/h7,9,11-12H,5-6,8,10H2,1-4H3,(H,18,21). The molecule has 120 valence electrons. The second kappa shape index (κ2) is 7.40. The third-order valence-electron chi connectivity index (χ3n) is 3.46. The largest absolute Gasteiger partial charge is 0.379 e. The van der Waals surface area contributed by atoms with Gasteiger partial charge < -0.3 is 10.1 Å². The van der Waals surface area contributed by atoms with E-state index in [0.717, 1.165) is 29.7 Å². The number of pyridine rings is 1. The molecule has 0 bridgehead atoms. The molecule has 0 aromatic carbocycles. The Labute approximate surface area is 131 Å². The summed E-state index contributed by atoms with van der Waals surface area (Å²) in [4.78, 5) is 17.0. The highest BCUT2D eigenvalue weighted by Gasteiger charge is 2.17. The van der Waals surface area contributed by atoms with Crippen LogP contribution in [0.2, 0.25) is 0 Å². The fraction of sp³-hybridized carbons (Fsp3) is 0.529. The molecule has 2 rings (SSSR count). The van der Waals surface area contributed by atoms with Crippen molar-refractivity contribution in [1.29, 1.82) is 0 Å². The molecule has 0 atom stereocenters. The Bertz CT molecular complexity index is 647. The number of hydrogen-bond acceptors (Lipinski definition) is 3. The van der Waals surface area contributed by atoms with Crippen molar-refractivity contribution in [2.24, 2.45) is 0 Å². The highest BCUT2D eigenvalue weighted by Crippen LogP contribution is 2.15. The number of hydrogen-bond donors (Lipinski definition) is 1. The molecule has 0 unspecified atom stereocenters. The van der Waals surface area contributed by atoms with Crippen LogP contribution in [0.3, 0.4) is 0 Å². The van der Waals surface area contributed by atoms with E-state index in [1.54, 1.807) is 0 Å². The van der Waals surface area contributed by atoms with Crippen molar-refractivity contribution >= 4 is 11.6 Å². The quantitative estimate of drug-likeness (QED) is 0.800. The number of aryl methyl sites for hydroxylation is 2. The monoisotopic (exact) mass is 303 g/mol. The molecule has 0 aliphatic heterocycles. The summed E-state index contributed by atoms with van der Waals surface area (Å²) < 4.78 is 7.34. The van der Waals surface area contributed by atoms with Gasteiger partial charge in [0, 0.05) is 19.3 Å². The van der Waals surface area contributed by atoms with E-state index in [4.69, 9.17) is 4.74 Å². The highest BCUT2D eigenvalue weighted by molar-refractivity contribution is 5.94. The number of carbonyl (C=O) groups excluding carboxylic acids is 1. The first kappa shape index (κ1) is 16.5. The summed E-state index contributed by atoms with van der Waals surface area (Å²) in [7, 11) is 0. The van der Waals surface area contributed by atoms with Crippen LogP contribution in [0.5, 0.6) is 0 Å². The minimum atomic E-state index is -0.0715. The van der Waals surface area contributed by atoms with Crippen LogP contribution in [0.1, 0.15) is 48.9 Å². The van der Waals surface area contributed by atoms with Gasteiger partial charge in [-0.2, -0.15) is 0 Å². The Balaban J connectivity index is 2.07. The van der Waals surface area contributed by atoms with E-state index in [9.17, 15) is 4.79 Å². The van der Waals surface area contributed by atoms with E-state index in [2.05, 4.69) is 10.3 Å². The molecule has 5 nitrogen and oxygen atoms in total. The van der Waals surface area contributed by atoms with Crippen molar-refractivity contribution in [2.45, 2.75) is 46.6 Å². The third kappa shape index (κ3) is 3.85. The van der Waals surface area contributed by atoms with Gasteiger partial charge in [-0.3, -0.25) is 9.20 Å². The van der Waals surface area contributed by atoms with Crippen LogP contribution >= 0.6 is 0 Å². The highest BCUT2D eigenvalue weighted by atomic mass is 16.5. The molecule has 1 N–H and O–H groups in total. The number of aromatic nitrogens is 2. The van der Waals surface area contributed by atoms with Crippen molar-refractivity contribution in [3.05, 3.63) is 35.3 Å². The summed E-state index contributed by atoms with van der Waals surface area (Å²) in [5.41, 5.74) is 3.44. The fourth-order valence-electron chi connectivity index (χ4n) is 2.36. The van der Waals surface area contributed by atoms with Crippen molar-refractivity contribution < 1.29 is 9.53 Å². The van der Waals surface area contributed by atoms with E-state index >= 15 is 0 Å². The Kier molecular flexibility index (Phi) is 5.55. The predicted molar refractivity (Wildman–Crippen MR) is 87.3 cm³/mol. The first-order chi connectivity index (χ1) is 10.5. The Hall–Kier alpha value is -1.88. The second-order valence-corrected chi connectivity index (χ2v) is 5.72. The lowest BCUT2D eigenvalue weighted by molar-refractivity contribution is 0.0756. The molecule has 2 aromatic rings. The zero-order chi connectivity index (χ0) is 16.1. The first-order valence-corrected chi connectivity index (χ1v) is 7.90. The molecule has 0 radical (unpaired) electrons. The average molecular weight is 303 g/mol. The molecular formula is C17H25N3O2. The summed E-state index contributed by atoms with van der Waals surface area (Å²) in [6, 6.07) is 3.98. The maximum atomic E-state index is 12.5. The maximum absolute atomic E-state index is 12.5. The van der Waals surface area contributed by atoms with Crippen molar-refractivity contribution in [3.63, 3.8) is 0 Å². The molecule has 0 fully saturated rings. The summed E-state index contributed by atoms with van der Waals surface area (Å²) in [5, 5.41) is 2.96. The number of amides is 1. The van der Waals surface area contributed by atoms with E-state index < -0.39 is 0 Å². The van der Waals surface area contributed by atoms with Crippen LogP contribution in [0.15, 0.2) is 18.3 Å². The Morgan fingerprint density at radius 3 is 2.91 bits per heavy atom. The first-order valence-electron chi connectivity index (χ1n) is 7.90. The van der Waals surface area contributed by atoms with Gasteiger partial charge in [0.2, 0.25) is 0 Å². The fourth-order valence-corrected chi connectivity index (χ4v) is 2.36. The maximum Gasteiger partial charge on any atom is 0.270 e. The summed E-state index contributed by atoms with van der Waals surface area (Å²) in [6.45, 7) is 9.31. The van der Waals surface area contributed by atoms with Gasteiger partial charge in [0.15, 0.2) is 0 Å². The van der Waals surface area contributed by atoms with Crippen molar-refractivity contribution in [3.8, 4) is 0 Å². The lowest BCUT2D eigenvalue weighted by Gasteiger charge is -2.09. The van der Waals surface area contributed by atoms with Crippen LogP contribution < -0.4 is 5.32 Å². The van der Waals surface area contributed by atoms with Crippen molar-refractivity contribution in [2.75, 3.05) is 13.2 Å². The molecule has 0 saturated heterocycles. The van der Waals surface area contributed by atoms with Crippen LogP contribution in [-0.2, 0) is 11.2 Å². The van der Waals surface area contributed by atoms with Gasteiger partial charge in [-0.1, -0.05) is 6.92 Å². The topological polar surface area (TPSA) is 55.6 Å². The van der Waals surface area contributed by atoms with E-state index in [1.807, 2.05) is 50.4 Å². The predicted octanol–water partition coefficient (Wildman–Crippen LogP) is 2.75. The molecule has 2 aromatic heterocycles. The van der Waals surface area contributed by atoms with Gasteiger partial charge in [0.25, 0.3) is 5.91 Å². The lowest BCUT2D eigenvalue weighted by Crippen LogP contribution is -2.27. The van der Waals surface area contributed by atoms with Gasteiger partial charge in [-0.25, -0.2) is 4.98 Å². The average Bonchev–Trinajstić information content (AvgIpc) is 2.83. The van der Waals surface area contributed by atoms with E-state index in [0.29, 0.717) is 18.8 Å². The SMILES string of the molecule is CCc1nc2cc(C)ccn2c1C(=O)NCCCOC(C)C.